The fraction of sp³-hybridized carbons (Fsp3) is 0.562. The van der Waals surface area contributed by atoms with E-state index in [-0.39, 0.29) is 5.56 Å². The van der Waals surface area contributed by atoms with Crippen LogP contribution in [0.3, 0.4) is 0 Å². The van der Waals surface area contributed by atoms with Crippen molar-refractivity contribution in [1.29, 1.82) is 0 Å². The number of hydrogen-bond acceptors (Lipinski definition) is 3. The summed E-state index contributed by atoms with van der Waals surface area (Å²) in [6, 6.07) is 3.72. The smallest absolute Gasteiger partial charge is 0.337 e. The second-order valence-electron chi connectivity index (χ2n) is 5.91. The van der Waals surface area contributed by atoms with Crippen LogP contribution in [0.15, 0.2) is 12.1 Å². The Kier molecular flexibility index (Phi) is 3.93. The lowest BCUT2D eigenvalue weighted by Gasteiger charge is -2.27. The first-order valence-electron chi connectivity index (χ1n) is 7.31. The molecule has 1 fully saturated rings. The van der Waals surface area contributed by atoms with Gasteiger partial charge in [-0.1, -0.05) is 13.8 Å². The molecule has 1 heterocycles. The zero-order chi connectivity index (χ0) is 14.9. The molecule has 110 valence electrons. The van der Waals surface area contributed by atoms with Gasteiger partial charge in [-0.2, -0.15) is 0 Å². The summed E-state index contributed by atoms with van der Waals surface area (Å²) in [6.45, 7) is 8.34. The van der Waals surface area contributed by atoms with Crippen molar-refractivity contribution in [3.05, 3.63) is 23.3 Å². The highest BCUT2D eigenvalue weighted by atomic mass is 16.4. The number of nitrogens with zero attached hydrogens (tertiary/aromatic N) is 1. The van der Waals surface area contributed by atoms with Gasteiger partial charge < -0.3 is 15.7 Å². The Hall–Kier alpha value is -1.71. The molecule has 0 atom stereocenters. The van der Waals surface area contributed by atoms with Crippen molar-refractivity contribution in [3.63, 3.8) is 0 Å². The molecule has 2 rings (SSSR count). The highest BCUT2D eigenvalue weighted by Crippen LogP contribution is 2.39. The molecule has 0 unspecified atom stereocenters. The number of carbonyl (C=O) groups is 1. The molecule has 1 aromatic carbocycles. The van der Waals surface area contributed by atoms with Crippen LogP contribution in [0.4, 0.5) is 11.4 Å². The van der Waals surface area contributed by atoms with E-state index in [0.717, 1.165) is 24.3 Å². The molecule has 20 heavy (non-hydrogen) atoms. The lowest BCUT2D eigenvalue weighted by Crippen LogP contribution is -2.26. The van der Waals surface area contributed by atoms with Crippen molar-refractivity contribution in [3.8, 4) is 0 Å². The molecule has 0 amide bonds. The molecule has 0 saturated carbocycles. The molecule has 3 N–H and O–H groups in total. The lowest BCUT2D eigenvalue weighted by molar-refractivity contribution is 0.0698. The fourth-order valence-electron chi connectivity index (χ4n) is 3.12. The normalized spacial score (nSPS) is 17.4. The Bertz CT molecular complexity index is 521. The van der Waals surface area contributed by atoms with Crippen LogP contribution in [-0.2, 0) is 0 Å². The zero-order valence-electron chi connectivity index (χ0n) is 12.6. The highest BCUT2D eigenvalue weighted by Gasteiger charge is 2.35. The van der Waals surface area contributed by atoms with Gasteiger partial charge in [0.2, 0.25) is 0 Å². The van der Waals surface area contributed by atoms with Crippen molar-refractivity contribution in [2.45, 2.75) is 40.0 Å². The summed E-state index contributed by atoms with van der Waals surface area (Å²) >= 11 is 0. The maximum Gasteiger partial charge on any atom is 0.337 e. The molecule has 1 aromatic rings. The van der Waals surface area contributed by atoms with Crippen molar-refractivity contribution in [2.75, 3.05) is 23.7 Å². The second-order valence-corrected chi connectivity index (χ2v) is 5.91. The SMILES string of the molecule is CCC1(CC)CCN(c2cc(C)c(N)c(C(=O)O)c2)C1. The standard InChI is InChI=1S/C16H24N2O2/c1-4-16(5-2)6-7-18(10-16)12-8-11(3)14(17)13(9-12)15(19)20/h8-9H,4-7,10,17H2,1-3H3,(H,19,20). The molecule has 4 heteroatoms. The van der Waals surface area contributed by atoms with Crippen LogP contribution in [-0.4, -0.2) is 24.2 Å². The van der Waals surface area contributed by atoms with Crippen molar-refractivity contribution < 1.29 is 9.90 Å². The molecule has 0 aliphatic carbocycles. The summed E-state index contributed by atoms with van der Waals surface area (Å²) in [7, 11) is 0. The third-order valence-corrected chi connectivity index (χ3v) is 4.91. The van der Waals surface area contributed by atoms with Crippen LogP contribution in [0.5, 0.6) is 0 Å². The number of nitrogen functional groups attached to an aromatic ring is 1. The summed E-state index contributed by atoms with van der Waals surface area (Å²) < 4.78 is 0. The van der Waals surface area contributed by atoms with Crippen molar-refractivity contribution in [1.82, 2.24) is 0 Å². The number of carboxylic acids is 1. The number of benzene rings is 1. The van der Waals surface area contributed by atoms with Crippen molar-refractivity contribution in [2.24, 2.45) is 5.41 Å². The van der Waals surface area contributed by atoms with Crippen LogP contribution in [0.25, 0.3) is 0 Å². The number of rotatable bonds is 4. The van der Waals surface area contributed by atoms with Gasteiger partial charge in [-0.15, -0.1) is 0 Å². The van der Waals surface area contributed by atoms with Gasteiger partial charge in [-0.3, -0.25) is 0 Å². The number of hydrogen-bond donors (Lipinski definition) is 2. The van der Waals surface area contributed by atoms with E-state index in [1.807, 2.05) is 13.0 Å². The predicted octanol–water partition coefficient (Wildman–Crippen LogP) is 3.29. The van der Waals surface area contributed by atoms with Gasteiger partial charge in [0, 0.05) is 24.5 Å². The highest BCUT2D eigenvalue weighted by molar-refractivity contribution is 5.95. The van der Waals surface area contributed by atoms with Gasteiger partial charge in [-0.25, -0.2) is 4.79 Å². The van der Waals surface area contributed by atoms with Gasteiger partial charge in [0.15, 0.2) is 0 Å². The molecule has 0 bridgehead atoms. The molecule has 0 radical (unpaired) electrons. The first kappa shape index (κ1) is 14.7. The monoisotopic (exact) mass is 276 g/mol. The summed E-state index contributed by atoms with van der Waals surface area (Å²) in [4.78, 5) is 13.6. The molecule has 1 saturated heterocycles. The number of anilines is 2. The average molecular weight is 276 g/mol. The summed E-state index contributed by atoms with van der Waals surface area (Å²) in [5, 5.41) is 9.25. The van der Waals surface area contributed by atoms with Crippen LogP contribution in [0.2, 0.25) is 0 Å². The quantitative estimate of drug-likeness (QED) is 0.828. The molecule has 0 aromatic heterocycles. The Morgan fingerprint density at radius 1 is 1.40 bits per heavy atom. The van der Waals surface area contributed by atoms with Gasteiger partial charge in [0.1, 0.15) is 0 Å². The van der Waals surface area contributed by atoms with Gasteiger partial charge in [-0.05, 0) is 49.3 Å². The largest absolute Gasteiger partial charge is 0.478 e. The first-order chi connectivity index (χ1) is 9.42. The van der Waals surface area contributed by atoms with E-state index in [9.17, 15) is 9.90 Å². The number of carboxylic acid groups (broad SMARTS) is 1. The van der Waals surface area contributed by atoms with E-state index in [2.05, 4.69) is 18.7 Å². The summed E-state index contributed by atoms with van der Waals surface area (Å²) in [5.74, 6) is -0.955. The van der Waals surface area contributed by atoms with Gasteiger partial charge in [0.05, 0.1) is 5.56 Å². The van der Waals surface area contributed by atoms with Gasteiger partial charge >= 0.3 is 5.97 Å². The average Bonchev–Trinajstić information content (AvgIpc) is 2.86. The molecular weight excluding hydrogens is 252 g/mol. The van der Waals surface area contributed by atoms with E-state index in [0.29, 0.717) is 11.1 Å². The third-order valence-electron chi connectivity index (χ3n) is 4.91. The minimum atomic E-state index is -0.955. The Morgan fingerprint density at radius 3 is 2.55 bits per heavy atom. The van der Waals surface area contributed by atoms with Crippen LogP contribution in [0, 0.1) is 12.3 Å². The fourth-order valence-corrected chi connectivity index (χ4v) is 3.12. The Labute approximate surface area is 120 Å². The molecule has 4 nitrogen and oxygen atoms in total. The van der Waals surface area contributed by atoms with Gasteiger partial charge in [0.25, 0.3) is 0 Å². The maximum atomic E-state index is 11.3. The van der Waals surface area contributed by atoms with E-state index in [1.165, 1.54) is 19.3 Å². The third kappa shape index (κ3) is 2.47. The van der Waals surface area contributed by atoms with Crippen LogP contribution >= 0.6 is 0 Å². The number of nitrogens with two attached hydrogens (primary N) is 1. The predicted molar refractivity (Wildman–Crippen MR) is 82.4 cm³/mol. The van der Waals surface area contributed by atoms with E-state index >= 15 is 0 Å². The van der Waals surface area contributed by atoms with Crippen LogP contribution in [0.1, 0.15) is 49.0 Å². The summed E-state index contributed by atoms with van der Waals surface area (Å²) in [6.07, 6.45) is 3.51. The molecule has 0 spiro atoms. The minimum Gasteiger partial charge on any atom is -0.478 e. The molecule has 1 aliphatic heterocycles. The van der Waals surface area contributed by atoms with E-state index < -0.39 is 5.97 Å². The number of aromatic carboxylic acids is 1. The van der Waals surface area contributed by atoms with Crippen LogP contribution < -0.4 is 10.6 Å². The first-order valence-corrected chi connectivity index (χ1v) is 7.31. The Morgan fingerprint density at radius 2 is 2.05 bits per heavy atom. The maximum absolute atomic E-state index is 11.3. The topological polar surface area (TPSA) is 66.6 Å². The lowest BCUT2D eigenvalue weighted by atomic mass is 9.82. The van der Waals surface area contributed by atoms with E-state index in [4.69, 9.17) is 5.73 Å². The molecular formula is C16H24N2O2. The van der Waals surface area contributed by atoms with E-state index in [1.54, 1.807) is 6.07 Å². The zero-order valence-corrected chi connectivity index (χ0v) is 12.6. The minimum absolute atomic E-state index is 0.213. The second kappa shape index (κ2) is 5.35. The molecule has 1 aliphatic rings. The van der Waals surface area contributed by atoms with Crippen molar-refractivity contribution >= 4 is 17.3 Å². The Balaban J connectivity index is 2.33. The summed E-state index contributed by atoms with van der Waals surface area (Å²) in [5.41, 5.74) is 8.64. The number of aryl methyl sites for hydroxylation is 1.